The van der Waals surface area contributed by atoms with E-state index in [0.29, 0.717) is 10.7 Å². The van der Waals surface area contributed by atoms with Crippen LogP contribution in [0.2, 0.25) is 5.02 Å². The monoisotopic (exact) mass is 301 g/mol. The fourth-order valence-corrected chi connectivity index (χ4v) is 1.60. The van der Waals surface area contributed by atoms with Crippen molar-refractivity contribution in [2.75, 3.05) is 5.32 Å². The maximum atomic E-state index is 11.6. The lowest BCUT2D eigenvalue weighted by Gasteiger charge is -2.02. The van der Waals surface area contributed by atoms with Crippen molar-refractivity contribution >= 4 is 35.3 Å². The van der Waals surface area contributed by atoms with Gasteiger partial charge in [-0.05, 0) is 29.8 Å². The Morgan fingerprint density at radius 3 is 2.29 bits per heavy atom. The van der Waals surface area contributed by atoms with Crippen LogP contribution in [-0.2, 0) is 9.59 Å². The fourth-order valence-electron chi connectivity index (χ4n) is 1.47. The summed E-state index contributed by atoms with van der Waals surface area (Å²) in [4.78, 5) is 23.1. The molecule has 0 saturated heterocycles. The first kappa shape index (κ1) is 14.7. The van der Waals surface area contributed by atoms with Crippen molar-refractivity contribution in [3.05, 3.63) is 65.2 Å². The molecule has 2 N–H and O–H groups in total. The lowest BCUT2D eigenvalue weighted by Crippen LogP contribution is -2.32. The molecule has 6 heteroatoms. The van der Waals surface area contributed by atoms with Crippen molar-refractivity contribution < 1.29 is 9.59 Å². The molecule has 0 aliphatic heterocycles. The van der Waals surface area contributed by atoms with Crippen LogP contribution in [0.25, 0.3) is 0 Å². The van der Waals surface area contributed by atoms with E-state index in [1.165, 1.54) is 6.21 Å². The van der Waals surface area contributed by atoms with E-state index in [2.05, 4.69) is 15.8 Å². The molecule has 0 fully saturated rings. The highest BCUT2D eigenvalue weighted by Gasteiger charge is 2.12. The summed E-state index contributed by atoms with van der Waals surface area (Å²) in [6, 6.07) is 15.6. The van der Waals surface area contributed by atoms with Crippen molar-refractivity contribution in [1.82, 2.24) is 5.43 Å². The van der Waals surface area contributed by atoms with Gasteiger partial charge in [-0.25, -0.2) is 5.43 Å². The lowest BCUT2D eigenvalue weighted by molar-refractivity contribution is -0.136. The smallest absolute Gasteiger partial charge is 0.318 e. The lowest BCUT2D eigenvalue weighted by atomic mass is 10.2. The third kappa shape index (κ3) is 4.74. The van der Waals surface area contributed by atoms with E-state index in [4.69, 9.17) is 11.6 Å². The zero-order chi connectivity index (χ0) is 15.1. The number of hydrazone groups is 1. The van der Waals surface area contributed by atoms with Gasteiger partial charge in [-0.2, -0.15) is 5.10 Å². The largest absolute Gasteiger partial charge is 0.329 e. The van der Waals surface area contributed by atoms with Crippen molar-refractivity contribution in [2.24, 2.45) is 5.10 Å². The van der Waals surface area contributed by atoms with E-state index < -0.39 is 11.8 Å². The van der Waals surface area contributed by atoms with Gasteiger partial charge in [-0.1, -0.05) is 41.9 Å². The number of nitrogens with one attached hydrogen (secondary N) is 2. The third-order valence-electron chi connectivity index (χ3n) is 2.49. The van der Waals surface area contributed by atoms with Gasteiger partial charge in [0.05, 0.1) is 6.21 Å². The van der Waals surface area contributed by atoms with Crippen LogP contribution in [0.5, 0.6) is 0 Å². The summed E-state index contributed by atoms with van der Waals surface area (Å²) in [6.07, 6.45) is 1.42. The summed E-state index contributed by atoms with van der Waals surface area (Å²) >= 11 is 5.75. The summed E-state index contributed by atoms with van der Waals surface area (Å²) in [6.45, 7) is 0. The standard InChI is InChI=1S/C15H12ClN3O2/c16-12-8-6-11(7-9-12)10-17-19-15(21)14(20)18-13-4-2-1-3-5-13/h1-10H,(H,18,20)(H,19,21)/b17-10+. The van der Waals surface area contributed by atoms with E-state index >= 15 is 0 Å². The Morgan fingerprint density at radius 2 is 1.62 bits per heavy atom. The van der Waals surface area contributed by atoms with Crippen LogP contribution in [0, 0.1) is 0 Å². The highest BCUT2D eigenvalue weighted by atomic mass is 35.5. The van der Waals surface area contributed by atoms with E-state index in [9.17, 15) is 9.59 Å². The van der Waals surface area contributed by atoms with Gasteiger partial charge in [-0.3, -0.25) is 9.59 Å². The van der Waals surface area contributed by atoms with Gasteiger partial charge in [0, 0.05) is 10.7 Å². The predicted molar refractivity (Wildman–Crippen MR) is 82.3 cm³/mol. The fraction of sp³-hybridized carbons (Fsp3) is 0. The van der Waals surface area contributed by atoms with Gasteiger partial charge in [-0.15, -0.1) is 0 Å². The molecule has 0 unspecified atom stereocenters. The minimum absolute atomic E-state index is 0.541. The number of carbonyl (C=O) groups is 2. The molecule has 0 aromatic heterocycles. The summed E-state index contributed by atoms with van der Waals surface area (Å²) in [5.74, 6) is -1.63. The molecule has 0 saturated carbocycles. The minimum Gasteiger partial charge on any atom is -0.318 e. The Hall–Kier alpha value is -2.66. The molecule has 0 bridgehead atoms. The number of rotatable bonds is 3. The average molecular weight is 302 g/mol. The maximum absolute atomic E-state index is 11.6. The summed E-state index contributed by atoms with van der Waals surface area (Å²) in [7, 11) is 0. The Balaban J connectivity index is 1.86. The Kier molecular flexibility index (Phi) is 5.06. The van der Waals surface area contributed by atoms with Crippen molar-refractivity contribution in [3.63, 3.8) is 0 Å². The number of para-hydroxylation sites is 1. The van der Waals surface area contributed by atoms with Crippen molar-refractivity contribution in [3.8, 4) is 0 Å². The van der Waals surface area contributed by atoms with Crippen LogP contribution in [-0.4, -0.2) is 18.0 Å². The second-order valence-corrected chi connectivity index (χ2v) is 4.51. The molecule has 0 aliphatic carbocycles. The van der Waals surface area contributed by atoms with Crippen molar-refractivity contribution in [2.45, 2.75) is 0 Å². The van der Waals surface area contributed by atoms with Gasteiger partial charge in [0.25, 0.3) is 0 Å². The van der Waals surface area contributed by atoms with Crippen LogP contribution in [0.1, 0.15) is 5.56 Å². The second-order valence-electron chi connectivity index (χ2n) is 4.07. The molecule has 0 aliphatic rings. The molecule has 2 amide bonds. The van der Waals surface area contributed by atoms with Crippen LogP contribution >= 0.6 is 11.6 Å². The van der Waals surface area contributed by atoms with Crippen molar-refractivity contribution in [1.29, 1.82) is 0 Å². The molecule has 2 aromatic carbocycles. The van der Waals surface area contributed by atoms with E-state index in [-0.39, 0.29) is 0 Å². The first-order valence-corrected chi connectivity index (χ1v) is 6.48. The number of hydrogen-bond acceptors (Lipinski definition) is 3. The SMILES string of the molecule is O=C(N/N=C/c1ccc(Cl)cc1)C(=O)Nc1ccccc1. The number of benzene rings is 2. The van der Waals surface area contributed by atoms with Gasteiger partial charge >= 0.3 is 11.8 Å². The molecule has 0 spiro atoms. The Morgan fingerprint density at radius 1 is 0.952 bits per heavy atom. The average Bonchev–Trinajstić information content (AvgIpc) is 2.50. The summed E-state index contributed by atoms with van der Waals surface area (Å²) < 4.78 is 0. The Labute approximate surface area is 126 Å². The zero-order valence-corrected chi connectivity index (χ0v) is 11.7. The zero-order valence-electron chi connectivity index (χ0n) is 10.9. The quantitative estimate of drug-likeness (QED) is 0.519. The molecular weight excluding hydrogens is 290 g/mol. The van der Waals surface area contributed by atoms with Crippen LogP contribution in [0.3, 0.4) is 0 Å². The summed E-state index contributed by atoms with van der Waals surface area (Å²) in [5, 5.41) is 6.77. The summed E-state index contributed by atoms with van der Waals surface area (Å²) in [5.41, 5.74) is 3.45. The minimum atomic E-state index is -0.843. The number of nitrogens with zero attached hydrogens (tertiary/aromatic N) is 1. The van der Waals surface area contributed by atoms with Gasteiger partial charge in [0.15, 0.2) is 0 Å². The van der Waals surface area contributed by atoms with Crippen LogP contribution < -0.4 is 10.7 Å². The van der Waals surface area contributed by atoms with Gasteiger partial charge in [0.1, 0.15) is 0 Å². The molecule has 2 rings (SSSR count). The molecule has 0 radical (unpaired) electrons. The van der Waals surface area contributed by atoms with E-state index in [1.54, 1.807) is 48.5 Å². The Bertz CT molecular complexity index is 654. The highest BCUT2D eigenvalue weighted by molar-refractivity contribution is 6.39. The van der Waals surface area contributed by atoms with Crippen LogP contribution in [0.15, 0.2) is 59.7 Å². The maximum Gasteiger partial charge on any atom is 0.329 e. The highest BCUT2D eigenvalue weighted by Crippen LogP contribution is 2.07. The number of carbonyl (C=O) groups excluding carboxylic acids is 2. The van der Waals surface area contributed by atoms with Crippen LogP contribution in [0.4, 0.5) is 5.69 Å². The molecule has 21 heavy (non-hydrogen) atoms. The number of halogens is 1. The molecular formula is C15H12ClN3O2. The first-order chi connectivity index (χ1) is 10.1. The first-order valence-electron chi connectivity index (χ1n) is 6.10. The number of anilines is 1. The second kappa shape index (κ2) is 7.21. The molecule has 2 aromatic rings. The number of amides is 2. The number of hydrogen-bond donors (Lipinski definition) is 2. The van der Waals surface area contributed by atoms with Gasteiger partial charge < -0.3 is 5.32 Å². The third-order valence-corrected chi connectivity index (χ3v) is 2.74. The van der Waals surface area contributed by atoms with E-state index in [0.717, 1.165) is 5.56 Å². The molecule has 5 nitrogen and oxygen atoms in total. The molecule has 0 heterocycles. The predicted octanol–water partition coefficient (Wildman–Crippen LogP) is 2.43. The van der Waals surface area contributed by atoms with E-state index in [1.807, 2.05) is 6.07 Å². The topological polar surface area (TPSA) is 70.6 Å². The van der Waals surface area contributed by atoms with Gasteiger partial charge in [0.2, 0.25) is 0 Å². The normalized spacial score (nSPS) is 10.3. The molecule has 106 valence electrons. The molecule has 0 atom stereocenters.